The number of hydrogen-bond acceptors (Lipinski definition) is 5. The van der Waals surface area contributed by atoms with Crippen LogP contribution in [0.1, 0.15) is 48.3 Å². The van der Waals surface area contributed by atoms with Gasteiger partial charge < -0.3 is 14.8 Å². The van der Waals surface area contributed by atoms with E-state index < -0.39 is 11.5 Å². The van der Waals surface area contributed by atoms with Gasteiger partial charge in [0.15, 0.2) is 11.5 Å². The van der Waals surface area contributed by atoms with Crippen LogP contribution in [0.3, 0.4) is 0 Å². The highest BCUT2D eigenvalue weighted by Crippen LogP contribution is 2.30. The summed E-state index contributed by atoms with van der Waals surface area (Å²) < 4.78 is 12.6. The van der Waals surface area contributed by atoms with Crippen molar-refractivity contribution in [2.75, 3.05) is 13.2 Å². The molecule has 2 heterocycles. The van der Waals surface area contributed by atoms with Gasteiger partial charge in [0.1, 0.15) is 11.2 Å². The van der Waals surface area contributed by atoms with E-state index in [0.717, 1.165) is 11.1 Å². The second kappa shape index (κ2) is 8.77. The number of fused-ring (bicyclic) bond motifs is 1. The SMILES string of the molecule is CCOc1ccc(C(C)NC(=O)c2cnc3ccc(C)cn3c2=O)cc1OCC. The highest BCUT2D eigenvalue weighted by atomic mass is 16.5. The molecule has 3 rings (SSSR count). The topological polar surface area (TPSA) is 81.9 Å². The zero-order valence-electron chi connectivity index (χ0n) is 17.1. The molecule has 1 unspecified atom stereocenters. The van der Waals surface area contributed by atoms with Crippen molar-refractivity contribution in [2.45, 2.75) is 33.7 Å². The highest BCUT2D eigenvalue weighted by Gasteiger charge is 2.18. The maximum absolute atomic E-state index is 12.7. The number of carbonyl (C=O) groups is 1. The lowest BCUT2D eigenvalue weighted by Gasteiger charge is -2.17. The molecule has 1 amide bonds. The highest BCUT2D eigenvalue weighted by molar-refractivity contribution is 5.94. The molecule has 0 spiro atoms. The van der Waals surface area contributed by atoms with Gasteiger partial charge in [0.2, 0.25) is 0 Å². The molecule has 7 nitrogen and oxygen atoms in total. The van der Waals surface area contributed by atoms with Gasteiger partial charge in [0.05, 0.1) is 19.3 Å². The Bertz CT molecular complexity index is 1090. The molecule has 7 heteroatoms. The van der Waals surface area contributed by atoms with Crippen LogP contribution in [0.15, 0.2) is 47.5 Å². The van der Waals surface area contributed by atoms with E-state index in [1.165, 1.54) is 10.6 Å². The Morgan fingerprint density at radius 2 is 1.86 bits per heavy atom. The van der Waals surface area contributed by atoms with Crippen LogP contribution in [0.5, 0.6) is 11.5 Å². The molecule has 1 N–H and O–H groups in total. The van der Waals surface area contributed by atoms with E-state index in [1.807, 2.05) is 52.0 Å². The first-order valence-corrected chi connectivity index (χ1v) is 9.63. The summed E-state index contributed by atoms with van der Waals surface area (Å²) in [5, 5.41) is 2.86. The van der Waals surface area contributed by atoms with Gasteiger partial charge in [0, 0.05) is 12.4 Å². The Hall–Kier alpha value is -3.35. The van der Waals surface area contributed by atoms with E-state index in [1.54, 1.807) is 12.3 Å². The summed E-state index contributed by atoms with van der Waals surface area (Å²) >= 11 is 0. The maximum atomic E-state index is 12.7. The number of amides is 1. The molecule has 0 aliphatic rings. The van der Waals surface area contributed by atoms with Gasteiger partial charge in [-0.2, -0.15) is 0 Å². The van der Waals surface area contributed by atoms with Gasteiger partial charge in [-0.3, -0.25) is 14.0 Å². The molecule has 0 aliphatic carbocycles. The smallest absolute Gasteiger partial charge is 0.270 e. The molecule has 0 saturated carbocycles. The molecule has 0 fully saturated rings. The molecular formula is C22H25N3O4. The number of rotatable bonds is 7. The first-order valence-electron chi connectivity index (χ1n) is 9.63. The first kappa shape index (κ1) is 20.4. The van der Waals surface area contributed by atoms with E-state index in [2.05, 4.69) is 10.3 Å². The zero-order chi connectivity index (χ0) is 21.0. The van der Waals surface area contributed by atoms with Crippen molar-refractivity contribution in [1.82, 2.24) is 14.7 Å². The van der Waals surface area contributed by atoms with E-state index in [-0.39, 0.29) is 11.6 Å². The quantitative estimate of drug-likeness (QED) is 0.664. The number of aromatic nitrogens is 2. The fraction of sp³-hybridized carbons (Fsp3) is 0.318. The second-order valence-electron chi connectivity index (χ2n) is 6.68. The predicted molar refractivity (Wildman–Crippen MR) is 111 cm³/mol. The lowest BCUT2D eigenvalue weighted by atomic mass is 10.1. The van der Waals surface area contributed by atoms with E-state index in [0.29, 0.717) is 30.4 Å². The maximum Gasteiger partial charge on any atom is 0.270 e. The second-order valence-corrected chi connectivity index (χ2v) is 6.68. The van der Waals surface area contributed by atoms with Crippen molar-refractivity contribution in [1.29, 1.82) is 0 Å². The molecule has 3 aromatic rings. The van der Waals surface area contributed by atoms with Crippen LogP contribution in [0.25, 0.3) is 5.65 Å². The number of carbonyl (C=O) groups excluding carboxylic acids is 1. The Labute approximate surface area is 169 Å². The van der Waals surface area contributed by atoms with Gasteiger partial charge >= 0.3 is 0 Å². The third-order valence-electron chi connectivity index (χ3n) is 4.51. The van der Waals surface area contributed by atoms with Crippen molar-refractivity contribution in [2.24, 2.45) is 0 Å². The molecule has 0 bridgehead atoms. The summed E-state index contributed by atoms with van der Waals surface area (Å²) in [6.07, 6.45) is 2.99. The van der Waals surface area contributed by atoms with Crippen LogP contribution < -0.4 is 20.3 Å². The first-order chi connectivity index (χ1) is 13.9. The summed E-state index contributed by atoms with van der Waals surface area (Å²) in [6, 6.07) is 8.81. The molecule has 0 aliphatic heterocycles. The number of hydrogen-bond donors (Lipinski definition) is 1. The minimum atomic E-state index is -0.474. The Balaban J connectivity index is 1.85. The van der Waals surface area contributed by atoms with Gasteiger partial charge in [-0.25, -0.2) is 4.98 Å². The van der Waals surface area contributed by atoms with Crippen LogP contribution in [-0.4, -0.2) is 28.5 Å². The van der Waals surface area contributed by atoms with Gasteiger partial charge in [-0.15, -0.1) is 0 Å². The molecular weight excluding hydrogens is 370 g/mol. The van der Waals surface area contributed by atoms with Crippen molar-refractivity contribution in [3.8, 4) is 11.5 Å². The number of nitrogens with one attached hydrogen (secondary N) is 1. The summed E-state index contributed by atoms with van der Waals surface area (Å²) in [5.74, 6) is 0.803. The summed E-state index contributed by atoms with van der Waals surface area (Å²) in [4.78, 5) is 29.7. The van der Waals surface area contributed by atoms with Crippen LogP contribution in [0, 0.1) is 6.92 Å². The summed E-state index contributed by atoms with van der Waals surface area (Å²) in [5.41, 5.74) is 1.85. The number of aryl methyl sites for hydroxylation is 1. The normalized spacial score (nSPS) is 11.9. The third-order valence-corrected chi connectivity index (χ3v) is 4.51. The Kier molecular flexibility index (Phi) is 6.16. The summed E-state index contributed by atoms with van der Waals surface area (Å²) in [6.45, 7) is 8.56. The van der Waals surface area contributed by atoms with Crippen molar-refractivity contribution in [3.63, 3.8) is 0 Å². The third kappa shape index (κ3) is 4.39. The Morgan fingerprint density at radius 3 is 2.59 bits per heavy atom. The zero-order valence-corrected chi connectivity index (χ0v) is 17.1. The van der Waals surface area contributed by atoms with E-state index in [9.17, 15) is 9.59 Å². The number of pyridine rings is 1. The lowest BCUT2D eigenvalue weighted by Crippen LogP contribution is -2.33. The van der Waals surface area contributed by atoms with Crippen LogP contribution in [0.2, 0.25) is 0 Å². The molecule has 0 saturated heterocycles. The van der Waals surface area contributed by atoms with E-state index in [4.69, 9.17) is 9.47 Å². The minimum Gasteiger partial charge on any atom is -0.490 e. The Morgan fingerprint density at radius 1 is 1.14 bits per heavy atom. The van der Waals surface area contributed by atoms with Crippen molar-refractivity contribution >= 4 is 11.6 Å². The molecule has 152 valence electrons. The lowest BCUT2D eigenvalue weighted by molar-refractivity contribution is 0.0937. The van der Waals surface area contributed by atoms with E-state index >= 15 is 0 Å². The molecule has 1 aromatic carbocycles. The average Bonchev–Trinajstić information content (AvgIpc) is 2.70. The van der Waals surface area contributed by atoms with Crippen molar-refractivity contribution in [3.05, 3.63) is 69.8 Å². The molecule has 29 heavy (non-hydrogen) atoms. The monoisotopic (exact) mass is 395 g/mol. The van der Waals surface area contributed by atoms with Crippen LogP contribution in [-0.2, 0) is 0 Å². The minimum absolute atomic E-state index is 0.00378. The summed E-state index contributed by atoms with van der Waals surface area (Å²) in [7, 11) is 0. The van der Waals surface area contributed by atoms with Gasteiger partial charge in [-0.1, -0.05) is 12.1 Å². The number of benzene rings is 1. The van der Waals surface area contributed by atoms with Crippen LogP contribution >= 0.6 is 0 Å². The fourth-order valence-electron chi connectivity index (χ4n) is 3.03. The largest absolute Gasteiger partial charge is 0.490 e. The van der Waals surface area contributed by atoms with Gasteiger partial charge in [-0.05, 0) is 57.0 Å². The number of nitrogens with zero attached hydrogens (tertiary/aromatic N) is 2. The number of ether oxygens (including phenoxy) is 2. The molecule has 0 radical (unpaired) electrons. The average molecular weight is 395 g/mol. The predicted octanol–water partition coefficient (Wildman–Crippen LogP) is 3.29. The fourth-order valence-corrected chi connectivity index (χ4v) is 3.03. The van der Waals surface area contributed by atoms with Crippen molar-refractivity contribution < 1.29 is 14.3 Å². The standard InChI is InChI=1S/C22H25N3O4/c1-5-28-18-9-8-16(11-19(18)29-6-2)15(4)24-21(26)17-12-23-20-10-7-14(3)13-25(20)22(17)27/h7-13,15H,5-6H2,1-4H3,(H,24,26). The van der Waals surface area contributed by atoms with Crippen LogP contribution in [0.4, 0.5) is 0 Å². The van der Waals surface area contributed by atoms with Gasteiger partial charge in [0.25, 0.3) is 11.5 Å². The molecule has 2 aromatic heterocycles. The molecule has 1 atom stereocenters.